The first-order valence-electron chi connectivity index (χ1n) is 7.49. The summed E-state index contributed by atoms with van der Waals surface area (Å²) in [4.78, 5) is 2.23. The topological polar surface area (TPSA) is 49.9 Å². The summed E-state index contributed by atoms with van der Waals surface area (Å²) < 4.78 is 32.1. The fourth-order valence-corrected chi connectivity index (χ4v) is 4.05. The largest absolute Gasteiger partial charge is 0.379 e. The number of hydrogen-bond acceptors (Lipinski definition) is 4. The maximum Gasteiger partial charge on any atom is 0.239 e. The molecule has 122 valence electrons. The molecule has 0 unspecified atom stereocenters. The van der Waals surface area contributed by atoms with Gasteiger partial charge in [-0.15, -0.1) is 0 Å². The monoisotopic (exact) mass is 324 g/mol. The van der Waals surface area contributed by atoms with Gasteiger partial charge in [-0.3, -0.25) is 9.21 Å². The van der Waals surface area contributed by atoms with E-state index in [0.717, 1.165) is 13.1 Å². The van der Waals surface area contributed by atoms with E-state index in [2.05, 4.69) is 11.5 Å². The van der Waals surface area contributed by atoms with Crippen LogP contribution in [-0.2, 0) is 14.8 Å². The van der Waals surface area contributed by atoms with Crippen molar-refractivity contribution in [2.45, 2.75) is 6.92 Å². The van der Waals surface area contributed by atoms with E-state index in [4.69, 9.17) is 4.74 Å². The van der Waals surface area contributed by atoms with E-state index in [-0.39, 0.29) is 5.75 Å². The maximum absolute atomic E-state index is 12.6. The lowest BCUT2D eigenvalue weighted by Gasteiger charge is -2.30. The Hall–Kier alpha value is -1.37. The molecule has 5 nitrogen and oxygen atoms in total. The molecule has 1 aliphatic heterocycles. The molecule has 0 radical (unpaired) electrons. The van der Waals surface area contributed by atoms with E-state index in [9.17, 15) is 8.42 Å². The molecule has 2 rings (SSSR count). The van der Waals surface area contributed by atoms with Crippen molar-refractivity contribution in [3.63, 3.8) is 0 Å². The maximum atomic E-state index is 12.6. The van der Waals surface area contributed by atoms with Crippen molar-refractivity contribution < 1.29 is 13.2 Å². The van der Waals surface area contributed by atoms with Gasteiger partial charge in [0.2, 0.25) is 10.0 Å². The quantitative estimate of drug-likeness (QED) is 0.717. The molecule has 6 heteroatoms. The highest BCUT2D eigenvalue weighted by Gasteiger charge is 2.23. The first-order chi connectivity index (χ1) is 10.5. The number of para-hydroxylation sites is 1. The van der Waals surface area contributed by atoms with Gasteiger partial charge in [0, 0.05) is 26.2 Å². The Balaban J connectivity index is 2.13. The van der Waals surface area contributed by atoms with Crippen LogP contribution < -0.4 is 4.31 Å². The smallest absolute Gasteiger partial charge is 0.239 e. The van der Waals surface area contributed by atoms with Crippen LogP contribution in [-0.4, -0.2) is 58.5 Å². The highest BCUT2D eigenvalue weighted by atomic mass is 32.2. The van der Waals surface area contributed by atoms with Crippen molar-refractivity contribution in [3.05, 3.63) is 42.5 Å². The lowest BCUT2D eigenvalue weighted by Crippen LogP contribution is -2.43. The van der Waals surface area contributed by atoms with E-state index in [0.29, 0.717) is 37.6 Å². The number of hydrogen-bond donors (Lipinski definition) is 0. The van der Waals surface area contributed by atoms with Crippen LogP contribution in [0.15, 0.2) is 42.5 Å². The number of rotatable bonds is 7. The Bertz CT molecular complexity index is 581. The van der Waals surface area contributed by atoms with Gasteiger partial charge in [0.15, 0.2) is 0 Å². The molecular formula is C16H24N2O3S. The van der Waals surface area contributed by atoms with E-state index in [1.807, 2.05) is 30.3 Å². The number of nitrogens with zero attached hydrogens (tertiary/aromatic N) is 2. The van der Waals surface area contributed by atoms with Crippen LogP contribution in [0.3, 0.4) is 0 Å². The summed E-state index contributed by atoms with van der Waals surface area (Å²) in [5.41, 5.74) is 1.35. The van der Waals surface area contributed by atoms with Crippen LogP contribution in [0.2, 0.25) is 0 Å². The van der Waals surface area contributed by atoms with E-state index < -0.39 is 10.0 Å². The Morgan fingerprint density at radius 1 is 1.27 bits per heavy atom. The normalized spacial score (nSPS) is 16.4. The van der Waals surface area contributed by atoms with Gasteiger partial charge in [0.1, 0.15) is 0 Å². The van der Waals surface area contributed by atoms with Crippen molar-refractivity contribution >= 4 is 15.7 Å². The average molecular weight is 324 g/mol. The zero-order chi connectivity index (χ0) is 16.0. The van der Waals surface area contributed by atoms with Gasteiger partial charge >= 0.3 is 0 Å². The Labute approximate surface area is 133 Å². The lowest BCUT2D eigenvalue weighted by atomic mass is 10.3. The number of morpholine rings is 1. The summed E-state index contributed by atoms with van der Waals surface area (Å²) in [7, 11) is -3.40. The molecular weight excluding hydrogens is 300 g/mol. The molecule has 1 aromatic rings. The third-order valence-corrected chi connectivity index (χ3v) is 5.45. The van der Waals surface area contributed by atoms with Crippen LogP contribution in [0.5, 0.6) is 0 Å². The molecule has 22 heavy (non-hydrogen) atoms. The van der Waals surface area contributed by atoms with Gasteiger partial charge < -0.3 is 4.74 Å². The summed E-state index contributed by atoms with van der Waals surface area (Å²) >= 11 is 0. The first kappa shape index (κ1) is 17.0. The van der Waals surface area contributed by atoms with Crippen LogP contribution in [0.4, 0.5) is 5.69 Å². The van der Waals surface area contributed by atoms with Crippen molar-refractivity contribution in [1.82, 2.24) is 4.90 Å². The van der Waals surface area contributed by atoms with Crippen molar-refractivity contribution in [1.29, 1.82) is 0 Å². The molecule has 0 aliphatic carbocycles. The molecule has 0 spiro atoms. The summed E-state index contributed by atoms with van der Waals surface area (Å²) in [6.07, 6.45) is 0. The fourth-order valence-electron chi connectivity index (χ4n) is 2.47. The molecule has 1 aromatic carbocycles. The summed E-state index contributed by atoms with van der Waals surface area (Å²) in [5.74, 6) is -0.0228. The van der Waals surface area contributed by atoms with Crippen LogP contribution in [0, 0.1) is 0 Å². The predicted molar refractivity (Wildman–Crippen MR) is 89.6 cm³/mol. The number of ether oxygens (including phenoxy) is 1. The van der Waals surface area contributed by atoms with Crippen molar-refractivity contribution in [3.8, 4) is 0 Å². The number of sulfonamides is 1. The van der Waals surface area contributed by atoms with Gasteiger partial charge in [0.25, 0.3) is 0 Å². The minimum absolute atomic E-state index is 0.0228. The first-order valence-corrected chi connectivity index (χ1v) is 9.10. The molecule has 0 N–H and O–H groups in total. The molecule has 1 aliphatic rings. The average Bonchev–Trinajstić information content (AvgIpc) is 2.48. The van der Waals surface area contributed by atoms with Crippen LogP contribution in [0.25, 0.3) is 0 Å². The molecule has 1 fully saturated rings. The van der Waals surface area contributed by atoms with Crippen molar-refractivity contribution in [2.24, 2.45) is 0 Å². The van der Waals surface area contributed by atoms with E-state index in [1.165, 1.54) is 4.31 Å². The highest BCUT2D eigenvalue weighted by Crippen LogP contribution is 2.19. The minimum Gasteiger partial charge on any atom is -0.379 e. The summed E-state index contributed by atoms with van der Waals surface area (Å²) in [6.45, 7) is 9.74. The molecule has 0 aromatic heterocycles. The molecule has 0 saturated carbocycles. The summed E-state index contributed by atoms with van der Waals surface area (Å²) in [6, 6.07) is 9.25. The Morgan fingerprint density at radius 3 is 2.50 bits per heavy atom. The van der Waals surface area contributed by atoms with Gasteiger partial charge in [-0.05, 0) is 19.1 Å². The van der Waals surface area contributed by atoms with Gasteiger partial charge in [-0.1, -0.05) is 30.4 Å². The molecule has 0 amide bonds. The zero-order valence-corrected chi connectivity index (χ0v) is 13.9. The fraction of sp³-hybridized carbons (Fsp3) is 0.500. The van der Waals surface area contributed by atoms with Crippen LogP contribution >= 0.6 is 0 Å². The summed E-state index contributed by atoms with van der Waals surface area (Å²) in [5, 5.41) is 0. The number of anilines is 1. The lowest BCUT2D eigenvalue weighted by molar-refractivity contribution is 0.0395. The van der Waals surface area contributed by atoms with Gasteiger partial charge in [-0.25, -0.2) is 8.42 Å². The standard InChI is InChI=1S/C16H24N2O3S/c1-15(2)14-22(19,20)18(16-6-4-3-5-7-16)9-8-17-10-12-21-13-11-17/h3-7H,1,8-14H2,2H3. The minimum atomic E-state index is -3.40. The zero-order valence-electron chi connectivity index (χ0n) is 13.1. The third-order valence-electron chi connectivity index (χ3n) is 3.53. The van der Waals surface area contributed by atoms with Crippen LogP contribution in [0.1, 0.15) is 6.92 Å². The van der Waals surface area contributed by atoms with Gasteiger partial charge in [0.05, 0.1) is 24.7 Å². The van der Waals surface area contributed by atoms with E-state index >= 15 is 0 Å². The second kappa shape index (κ2) is 7.76. The highest BCUT2D eigenvalue weighted by molar-refractivity contribution is 7.93. The van der Waals surface area contributed by atoms with E-state index in [1.54, 1.807) is 6.92 Å². The Morgan fingerprint density at radius 2 is 1.91 bits per heavy atom. The molecule has 0 atom stereocenters. The second-order valence-corrected chi connectivity index (χ2v) is 7.47. The molecule has 1 heterocycles. The van der Waals surface area contributed by atoms with Crippen molar-refractivity contribution in [2.75, 3.05) is 49.5 Å². The molecule has 0 bridgehead atoms. The number of benzene rings is 1. The predicted octanol–water partition coefficient (Wildman–Crippen LogP) is 1.73. The van der Waals surface area contributed by atoms with Gasteiger partial charge in [-0.2, -0.15) is 0 Å². The molecule has 1 saturated heterocycles. The second-order valence-electron chi connectivity index (χ2n) is 5.58. The SMILES string of the molecule is C=C(C)CS(=O)(=O)N(CCN1CCOCC1)c1ccccc1. The third kappa shape index (κ3) is 4.83. The Kier molecular flexibility index (Phi) is 5.99.